The third-order valence-electron chi connectivity index (χ3n) is 3.67. The Kier molecular flexibility index (Phi) is 6.12. The van der Waals surface area contributed by atoms with Gasteiger partial charge in [0.05, 0.1) is 13.2 Å². The van der Waals surface area contributed by atoms with Crippen LogP contribution in [-0.2, 0) is 6.54 Å². The van der Waals surface area contributed by atoms with Crippen LogP contribution in [0.4, 0.5) is 0 Å². The molecule has 4 heteroatoms. The van der Waals surface area contributed by atoms with Crippen molar-refractivity contribution in [2.75, 3.05) is 13.2 Å². The number of rotatable bonds is 8. The number of hydrogen-bond acceptors (Lipinski definition) is 4. The van der Waals surface area contributed by atoms with Crippen LogP contribution in [0.3, 0.4) is 0 Å². The number of ether oxygens (including phenoxy) is 1. The molecule has 19 heavy (non-hydrogen) atoms. The van der Waals surface area contributed by atoms with E-state index in [0.29, 0.717) is 13.2 Å². The minimum atomic E-state index is -0.284. The maximum Gasteiger partial charge on any atom is 0.120 e. The molecule has 1 rings (SSSR count). The van der Waals surface area contributed by atoms with Gasteiger partial charge in [-0.05, 0) is 38.0 Å². The summed E-state index contributed by atoms with van der Waals surface area (Å²) in [4.78, 5) is 0. The largest absolute Gasteiger partial charge is 0.508 e. The number of hydrogen-bond donors (Lipinski definition) is 3. The average Bonchev–Trinajstić information content (AvgIpc) is 2.44. The predicted octanol–water partition coefficient (Wildman–Crippen LogP) is 2.43. The number of benzene rings is 1. The van der Waals surface area contributed by atoms with Crippen molar-refractivity contribution in [1.29, 1.82) is 0 Å². The topological polar surface area (TPSA) is 61.7 Å². The number of aromatic hydroxyl groups is 1. The molecule has 0 saturated carbocycles. The molecule has 4 nitrogen and oxygen atoms in total. The summed E-state index contributed by atoms with van der Waals surface area (Å²) in [5.74, 6) is 0.995. The molecule has 0 aliphatic carbocycles. The first-order chi connectivity index (χ1) is 9.10. The number of aliphatic hydroxyl groups is 1. The first kappa shape index (κ1) is 15.8. The van der Waals surface area contributed by atoms with E-state index in [2.05, 4.69) is 5.32 Å². The lowest BCUT2D eigenvalue weighted by molar-refractivity contribution is 0.149. The molecule has 0 unspecified atom stereocenters. The summed E-state index contributed by atoms with van der Waals surface area (Å²) in [6, 6.07) is 5.22. The molecule has 1 aromatic rings. The van der Waals surface area contributed by atoms with Gasteiger partial charge in [-0.1, -0.05) is 13.8 Å². The molecule has 0 aromatic heterocycles. The van der Waals surface area contributed by atoms with Crippen molar-refractivity contribution < 1.29 is 14.9 Å². The normalized spacial score (nSPS) is 11.6. The van der Waals surface area contributed by atoms with Gasteiger partial charge in [-0.15, -0.1) is 0 Å². The fraction of sp³-hybridized carbons (Fsp3) is 0.600. The van der Waals surface area contributed by atoms with Gasteiger partial charge >= 0.3 is 0 Å². The minimum absolute atomic E-state index is 0.0892. The quantitative estimate of drug-likeness (QED) is 0.677. The summed E-state index contributed by atoms with van der Waals surface area (Å²) in [6.45, 7) is 7.21. The van der Waals surface area contributed by atoms with Gasteiger partial charge in [-0.2, -0.15) is 0 Å². The molecule has 0 bridgehead atoms. The fourth-order valence-electron chi connectivity index (χ4n) is 2.02. The van der Waals surface area contributed by atoms with Gasteiger partial charge in [0.1, 0.15) is 11.5 Å². The van der Waals surface area contributed by atoms with Gasteiger partial charge in [-0.25, -0.2) is 0 Å². The van der Waals surface area contributed by atoms with Gasteiger partial charge in [0.2, 0.25) is 0 Å². The third-order valence-corrected chi connectivity index (χ3v) is 3.67. The summed E-state index contributed by atoms with van der Waals surface area (Å²) in [5.41, 5.74) is 0.499. The Morgan fingerprint density at radius 3 is 2.42 bits per heavy atom. The lowest BCUT2D eigenvalue weighted by atomic mass is 9.93. The monoisotopic (exact) mass is 267 g/mol. The van der Waals surface area contributed by atoms with Crippen LogP contribution in [0.1, 0.15) is 39.2 Å². The highest BCUT2D eigenvalue weighted by Gasteiger charge is 2.24. The summed E-state index contributed by atoms with van der Waals surface area (Å²) < 4.78 is 5.42. The van der Waals surface area contributed by atoms with Crippen LogP contribution in [0.25, 0.3) is 0 Å². The molecule has 108 valence electrons. The second-order valence-electron chi connectivity index (χ2n) is 4.72. The van der Waals surface area contributed by atoms with Gasteiger partial charge in [0, 0.05) is 17.6 Å². The second kappa shape index (κ2) is 7.36. The van der Waals surface area contributed by atoms with Crippen LogP contribution in [0.5, 0.6) is 11.5 Å². The fourth-order valence-corrected chi connectivity index (χ4v) is 2.02. The van der Waals surface area contributed by atoms with Crippen LogP contribution in [-0.4, -0.2) is 29.0 Å². The van der Waals surface area contributed by atoms with E-state index in [1.54, 1.807) is 12.1 Å². The van der Waals surface area contributed by atoms with Crippen molar-refractivity contribution in [2.45, 2.75) is 45.7 Å². The first-order valence-electron chi connectivity index (χ1n) is 6.91. The number of aliphatic hydroxyl groups excluding tert-OH is 1. The zero-order chi connectivity index (χ0) is 14.3. The Labute approximate surface area is 115 Å². The Hall–Kier alpha value is -1.26. The highest BCUT2D eigenvalue weighted by molar-refractivity contribution is 5.39. The van der Waals surface area contributed by atoms with Gasteiger partial charge < -0.3 is 20.3 Å². The van der Waals surface area contributed by atoms with Crippen molar-refractivity contribution in [2.24, 2.45) is 0 Å². The summed E-state index contributed by atoms with van der Waals surface area (Å²) >= 11 is 0. The molecular formula is C15H25NO3. The molecular weight excluding hydrogens is 242 g/mol. The zero-order valence-corrected chi connectivity index (χ0v) is 12.1. The standard InChI is InChI=1S/C15H25NO3/c1-4-15(5-2,11-17)16-10-12-9-13(19-6-3)7-8-14(12)18/h7-9,16-18H,4-6,10-11H2,1-3H3. The van der Waals surface area contributed by atoms with Gasteiger partial charge in [-0.3, -0.25) is 0 Å². The van der Waals surface area contributed by atoms with Gasteiger partial charge in [0.15, 0.2) is 0 Å². The van der Waals surface area contributed by atoms with Crippen LogP contribution >= 0.6 is 0 Å². The van der Waals surface area contributed by atoms with Crippen LogP contribution < -0.4 is 10.1 Å². The summed E-state index contributed by atoms with van der Waals surface area (Å²) in [7, 11) is 0. The SMILES string of the molecule is CCOc1ccc(O)c(CNC(CC)(CC)CO)c1. The Morgan fingerprint density at radius 2 is 1.89 bits per heavy atom. The molecule has 0 spiro atoms. The van der Waals surface area contributed by atoms with Crippen LogP contribution in [0.15, 0.2) is 18.2 Å². The smallest absolute Gasteiger partial charge is 0.120 e. The molecule has 0 amide bonds. The Bertz CT molecular complexity index is 381. The molecule has 3 N–H and O–H groups in total. The van der Waals surface area contributed by atoms with Crippen molar-refractivity contribution in [3.05, 3.63) is 23.8 Å². The van der Waals surface area contributed by atoms with E-state index in [1.807, 2.05) is 26.8 Å². The molecule has 0 atom stereocenters. The lowest BCUT2D eigenvalue weighted by Gasteiger charge is -2.31. The van der Waals surface area contributed by atoms with E-state index in [1.165, 1.54) is 0 Å². The van der Waals surface area contributed by atoms with E-state index in [4.69, 9.17) is 4.74 Å². The highest BCUT2D eigenvalue weighted by atomic mass is 16.5. The van der Waals surface area contributed by atoms with Gasteiger partial charge in [0.25, 0.3) is 0 Å². The molecule has 0 saturated heterocycles. The summed E-state index contributed by atoms with van der Waals surface area (Å²) in [6.07, 6.45) is 1.68. The minimum Gasteiger partial charge on any atom is -0.508 e. The van der Waals surface area contributed by atoms with Crippen LogP contribution in [0.2, 0.25) is 0 Å². The van der Waals surface area contributed by atoms with E-state index in [0.717, 1.165) is 24.2 Å². The van der Waals surface area contributed by atoms with E-state index in [9.17, 15) is 10.2 Å². The Balaban J connectivity index is 2.78. The van der Waals surface area contributed by atoms with Crippen molar-refractivity contribution in [3.63, 3.8) is 0 Å². The summed E-state index contributed by atoms with van der Waals surface area (Å²) in [5, 5.41) is 22.7. The van der Waals surface area contributed by atoms with E-state index < -0.39 is 0 Å². The molecule has 0 radical (unpaired) electrons. The van der Waals surface area contributed by atoms with Crippen molar-refractivity contribution >= 4 is 0 Å². The molecule has 0 aliphatic heterocycles. The molecule has 0 aliphatic rings. The number of phenolic OH excluding ortho intramolecular Hbond substituents is 1. The predicted molar refractivity (Wildman–Crippen MR) is 76.5 cm³/mol. The first-order valence-corrected chi connectivity index (χ1v) is 6.91. The molecule has 1 aromatic carbocycles. The van der Waals surface area contributed by atoms with E-state index >= 15 is 0 Å². The van der Waals surface area contributed by atoms with Crippen molar-refractivity contribution in [3.8, 4) is 11.5 Å². The lowest BCUT2D eigenvalue weighted by Crippen LogP contribution is -2.47. The average molecular weight is 267 g/mol. The third kappa shape index (κ3) is 4.11. The maximum atomic E-state index is 9.86. The highest BCUT2D eigenvalue weighted by Crippen LogP contribution is 2.24. The zero-order valence-electron chi connectivity index (χ0n) is 12.1. The number of nitrogens with one attached hydrogen (secondary N) is 1. The maximum absolute atomic E-state index is 9.86. The molecule has 0 heterocycles. The van der Waals surface area contributed by atoms with Crippen LogP contribution in [0, 0.1) is 0 Å². The second-order valence-corrected chi connectivity index (χ2v) is 4.72. The molecule has 0 fully saturated rings. The number of phenols is 1. The Morgan fingerprint density at radius 1 is 1.21 bits per heavy atom. The van der Waals surface area contributed by atoms with E-state index in [-0.39, 0.29) is 17.9 Å². The van der Waals surface area contributed by atoms with Crippen molar-refractivity contribution in [1.82, 2.24) is 5.32 Å².